The molecule has 12 heteroatoms. The fourth-order valence-electron chi connectivity index (χ4n) is 4.55. The van der Waals surface area contributed by atoms with Crippen LogP contribution in [0.25, 0.3) is 17.4 Å². The number of benzene rings is 2. The van der Waals surface area contributed by atoms with Crippen molar-refractivity contribution >= 4 is 40.7 Å². The molecule has 0 spiro atoms. The van der Waals surface area contributed by atoms with E-state index < -0.39 is 22.5 Å². The Morgan fingerprint density at radius 1 is 1.25 bits per heavy atom. The predicted octanol–water partition coefficient (Wildman–Crippen LogP) is 4.63. The van der Waals surface area contributed by atoms with E-state index in [0.29, 0.717) is 32.1 Å². The van der Waals surface area contributed by atoms with E-state index in [1.54, 1.807) is 50.2 Å². The number of hydrogen-bond donors (Lipinski definition) is 0. The summed E-state index contributed by atoms with van der Waals surface area (Å²) in [6.07, 6.45) is 1.54. The average molecular weight is 580 g/mol. The first-order valence-corrected chi connectivity index (χ1v) is 13.3. The zero-order valence-electron chi connectivity index (χ0n) is 21.5. The lowest BCUT2D eigenvalue weighted by atomic mass is 9.95. The molecule has 0 saturated heterocycles. The van der Waals surface area contributed by atoms with Crippen LogP contribution in [0.3, 0.4) is 0 Å². The summed E-state index contributed by atoms with van der Waals surface area (Å²) in [6.45, 7) is 3.56. The van der Waals surface area contributed by atoms with Crippen LogP contribution in [0.15, 0.2) is 80.1 Å². The lowest BCUT2D eigenvalue weighted by Crippen LogP contribution is -2.40. The van der Waals surface area contributed by atoms with Gasteiger partial charge in [-0.05, 0) is 44.2 Å². The number of carbonyl (C=O) groups excluding carboxylic acids is 1. The Balaban J connectivity index is 1.66. The molecule has 1 atom stereocenters. The summed E-state index contributed by atoms with van der Waals surface area (Å²) in [5.74, 6) is 0.474. The number of fused-ring (bicyclic) bond motifs is 1. The molecule has 3 heterocycles. The smallest absolute Gasteiger partial charge is 0.338 e. The Hall–Kier alpha value is -4.48. The summed E-state index contributed by atoms with van der Waals surface area (Å²) in [7, 11) is 1.52. The fourth-order valence-corrected chi connectivity index (χ4v) is 5.74. The highest BCUT2D eigenvalue weighted by Gasteiger charge is 2.35. The number of para-hydroxylation sites is 1. The number of allylic oxidation sites excluding steroid dienone is 1. The number of ether oxygens (including phenoxy) is 2. The molecule has 1 aliphatic heterocycles. The minimum absolute atomic E-state index is 0.158. The van der Waals surface area contributed by atoms with Crippen LogP contribution in [0.4, 0.5) is 5.69 Å². The van der Waals surface area contributed by atoms with Gasteiger partial charge in [-0.2, -0.15) is 0 Å². The minimum atomic E-state index is -0.836. The molecule has 4 aromatic rings. The van der Waals surface area contributed by atoms with Gasteiger partial charge >= 0.3 is 5.97 Å². The maximum atomic E-state index is 13.8. The van der Waals surface area contributed by atoms with Crippen LogP contribution in [-0.2, 0) is 9.53 Å². The molecule has 0 N–H and O–H groups in total. The van der Waals surface area contributed by atoms with Crippen molar-refractivity contribution in [2.45, 2.75) is 19.9 Å². The zero-order chi connectivity index (χ0) is 28.6. The van der Waals surface area contributed by atoms with Crippen LogP contribution in [0, 0.1) is 10.1 Å². The Kier molecular flexibility index (Phi) is 7.42. The first-order chi connectivity index (χ1) is 19.2. The summed E-state index contributed by atoms with van der Waals surface area (Å²) in [5.41, 5.74) is 0.917. The van der Waals surface area contributed by atoms with Crippen LogP contribution < -0.4 is 19.6 Å². The molecule has 10 nitrogen and oxygen atoms in total. The second kappa shape index (κ2) is 10.9. The molecular formula is C28H22ClN3O7S. The van der Waals surface area contributed by atoms with E-state index in [9.17, 15) is 19.7 Å². The van der Waals surface area contributed by atoms with E-state index >= 15 is 0 Å². The largest absolute Gasteiger partial charge is 0.496 e. The Morgan fingerprint density at radius 2 is 2.02 bits per heavy atom. The van der Waals surface area contributed by atoms with Gasteiger partial charge in [0.2, 0.25) is 0 Å². The fraction of sp³-hybridized carbons (Fsp3) is 0.179. The van der Waals surface area contributed by atoms with Crippen LogP contribution in [0.1, 0.15) is 31.2 Å². The molecule has 0 radical (unpaired) electrons. The van der Waals surface area contributed by atoms with E-state index in [1.165, 1.54) is 36.0 Å². The van der Waals surface area contributed by atoms with Crippen molar-refractivity contribution in [2.24, 2.45) is 4.99 Å². The van der Waals surface area contributed by atoms with Gasteiger partial charge in [-0.1, -0.05) is 41.1 Å². The molecule has 0 bridgehead atoms. The first kappa shape index (κ1) is 27.1. The number of carbonyl (C=O) groups is 1. The molecule has 0 unspecified atom stereocenters. The summed E-state index contributed by atoms with van der Waals surface area (Å²) >= 11 is 7.06. The number of methoxy groups -OCH3 is 1. The number of furan rings is 1. The van der Waals surface area contributed by atoms with Crippen molar-refractivity contribution in [3.8, 4) is 17.1 Å². The molecule has 0 saturated carbocycles. The maximum absolute atomic E-state index is 13.8. The van der Waals surface area contributed by atoms with Crippen LogP contribution in [-0.4, -0.2) is 29.2 Å². The van der Waals surface area contributed by atoms with E-state index in [4.69, 9.17) is 25.5 Å². The molecule has 0 amide bonds. The first-order valence-electron chi connectivity index (χ1n) is 12.1. The number of nitrogens with zero attached hydrogens (tertiary/aromatic N) is 3. The van der Waals surface area contributed by atoms with Gasteiger partial charge in [0.1, 0.15) is 23.3 Å². The lowest BCUT2D eigenvalue weighted by molar-refractivity contribution is -0.384. The zero-order valence-corrected chi connectivity index (χ0v) is 23.1. The summed E-state index contributed by atoms with van der Waals surface area (Å²) in [6, 6.07) is 13.8. The third-order valence-corrected chi connectivity index (χ3v) is 7.49. The van der Waals surface area contributed by atoms with Crippen molar-refractivity contribution in [2.75, 3.05) is 13.7 Å². The second-order valence-electron chi connectivity index (χ2n) is 8.66. The Labute approximate surface area is 236 Å². The highest BCUT2D eigenvalue weighted by molar-refractivity contribution is 7.07. The van der Waals surface area contributed by atoms with Gasteiger partial charge in [-0.25, -0.2) is 9.79 Å². The van der Waals surface area contributed by atoms with E-state index in [2.05, 4.69) is 4.99 Å². The number of rotatable bonds is 7. The third-order valence-electron chi connectivity index (χ3n) is 6.27. The van der Waals surface area contributed by atoms with Crippen LogP contribution in [0.2, 0.25) is 5.02 Å². The monoisotopic (exact) mass is 579 g/mol. The number of hydrogen-bond acceptors (Lipinski definition) is 9. The second-order valence-corrected chi connectivity index (χ2v) is 10.1. The standard InChI is InChI=1S/C28H22ClN3O7S/c1-4-38-27(34)24-15(2)30-28-31(25(24)19-7-5-6-8-21(19)37-3)26(33)23(40-28)14-17-10-12-22(39-17)18-11-9-16(29)13-20(18)32(35)36/h5-14,25H,4H2,1-3H3/b23-14+/t25-/m1/s1. The van der Waals surface area contributed by atoms with Gasteiger partial charge in [0.25, 0.3) is 11.2 Å². The highest BCUT2D eigenvalue weighted by atomic mass is 35.5. The van der Waals surface area contributed by atoms with Gasteiger partial charge in [0.15, 0.2) is 4.80 Å². The molecule has 5 rings (SSSR count). The molecule has 40 heavy (non-hydrogen) atoms. The summed E-state index contributed by atoms with van der Waals surface area (Å²) in [4.78, 5) is 42.8. The van der Waals surface area contributed by atoms with Crippen LogP contribution >= 0.6 is 22.9 Å². The number of esters is 1. The normalized spacial score (nSPS) is 15.0. The van der Waals surface area contributed by atoms with Gasteiger partial charge in [-0.15, -0.1) is 0 Å². The number of nitro benzene ring substituents is 1. The highest BCUT2D eigenvalue weighted by Crippen LogP contribution is 2.36. The van der Waals surface area contributed by atoms with E-state index in [0.717, 1.165) is 11.3 Å². The SMILES string of the molecule is CCOC(=O)C1=C(C)N=c2s/c(=C/c3ccc(-c4ccc(Cl)cc4[N+](=O)[O-])o3)c(=O)n2[C@@H]1c1ccccc1OC. The molecular weight excluding hydrogens is 558 g/mol. The topological polar surface area (TPSA) is 126 Å². The molecule has 2 aromatic carbocycles. The van der Waals surface area contributed by atoms with Gasteiger partial charge in [0.05, 0.1) is 40.0 Å². The third kappa shape index (κ3) is 4.85. The van der Waals surface area contributed by atoms with E-state index in [1.807, 2.05) is 0 Å². The number of thiazole rings is 1. The quantitative estimate of drug-likeness (QED) is 0.177. The van der Waals surface area contributed by atoms with Crippen molar-refractivity contribution in [1.29, 1.82) is 0 Å². The van der Waals surface area contributed by atoms with Crippen LogP contribution in [0.5, 0.6) is 5.75 Å². The van der Waals surface area contributed by atoms with Crippen molar-refractivity contribution in [3.05, 3.63) is 112 Å². The maximum Gasteiger partial charge on any atom is 0.338 e. The Bertz CT molecular complexity index is 1870. The minimum Gasteiger partial charge on any atom is -0.496 e. The molecule has 0 fully saturated rings. The van der Waals surface area contributed by atoms with Gasteiger partial charge in [-0.3, -0.25) is 19.5 Å². The van der Waals surface area contributed by atoms with Gasteiger partial charge in [0, 0.05) is 22.7 Å². The Morgan fingerprint density at radius 3 is 2.75 bits per heavy atom. The molecule has 0 aliphatic carbocycles. The summed E-state index contributed by atoms with van der Waals surface area (Å²) in [5, 5.41) is 11.8. The van der Waals surface area contributed by atoms with Gasteiger partial charge < -0.3 is 13.9 Å². The number of nitro groups is 1. The lowest BCUT2D eigenvalue weighted by Gasteiger charge is -2.25. The van der Waals surface area contributed by atoms with Crippen molar-refractivity contribution in [1.82, 2.24) is 4.57 Å². The predicted molar refractivity (Wildman–Crippen MR) is 149 cm³/mol. The molecule has 204 valence electrons. The van der Waals surface area contributed by atoms with Crippen molar-refractivity contribution in [3.63, 3.8) is 0 Å². The molecule has 2 aromatic heterocycles. The summed E-state index contributed by atoms with van der Waals surface area (Å²) < 4.78 is 18.5. The van der Waals surface area contributed by atoms with E-state index in [-0.39, 0.29) is 34.2 Å². The number of halogens is 1. The van der Waals surface area contributed by atoms with Crippen molar-refractivity contribution < 1.29 is 23.6 Å². The average Bonchev–Trinajstić information content (AvgIpc) is 3.52. The number of aromatic nitrogens is 1. The molecule has 1 aliphatic rings.